The van der Waals surface area contributed by atoms with E-state index in [2.05, 4.69) is 61.6 Å². The topological polar surface area (TPSA) is 72.9 Å². The number of aliphatic hydroxyl groups excluding tert-OH is 1. The van der Waals surface area contributed by atoms with Gasteiger partial charge in [0.25, 0.3) is 0 Å². The highest BCUT2D eigenvalue weighted by atomic mass is 16.3. The van der Waals surface area contributed by atoms with E-state index in [1.807, 2.05) is 4.90 Å². The second-order valence-corrected chi connectivity index (χ2v) is 13.4. The Kier molecular flexibility index (Phi) is 8.21. The van der Waals surface area contributed by atoms with Crippen LogP contribution in [0, 0.1) is 29.1 Å². The van der Waals surface area contributed by atoms with Gasteiger partial charge >= 0.3 is 0 Å². The van der Waals surface area contributed by atoms with Crippen molar-refractivity contribution in [2.24, 2.45) is 29.1 Å². The molecular formula is C32H49N3O3. The summed E-state index contributed by atoms with van der Waals surface area (Å²) in [5, 5.41) is 12.9. The zero-order chi connectivity index (χ0) is 26.9. The van der Waals surface area contributed by atoms with Crippen LogP contribution < -0.4 is 5.32 Å². The molecule has 4 atom stereocenters. The normalized spacial score (nSPS) is 36.0. The molecule has 0 bridgehead atoms. The summed E-state index contributed by atoms with van der Waals surface area (Å²) in [7, 11) is 4.42. The van der Waals surface area contributed by atoms with Gasteiger partial charge in [-0.25, -0.2) is 0 Å². The van der Waals surface area contributed by atoms with Gasteiger partial charge in [0.15, 0.2) is 0 Å². The Bertz CT molecular complexity index is 967. The molecule has 6 heteroatoms. The van der Waals surface area contributed by atoms with Crippen molar-refractivity contribution in [2.45, 2.75) is 89.2 Å². The van der Waals surface area contributed by atoms with E-state index < -0.39 is 0 Å². The summed E-state index contributed by atoms with van der Waals surface area (Å²) >= 11 is 0. The number of amides is 2. The lowest BCUT2D eigenvalue weighted by Crippen LogP contribution is -2.60. The van der Waals surface area contributed by atoms with E-state index in [1.54, 1.807) is 0 Å². The van der Waals surface area contributed by atoms with Gasteiger partial charge in [0.1, 0.15) is 0 Å². The van der Waals surface area contributed by atoms with Gasteiger partial charge in [-0.1, -0.05) is 56.5 Å². The third kappa shape index (κ3) is 5.40. The molecule has 3 aliphatic carbocycles. The van der Waals surface area contributed by atoms with Crippen molar-refractivity contribution in [3.63, 3.8) is 0 Å². The Morgan fingerprint density at radius 3 is 2.34 bits per heavy atom. The molecule has 1 aromatic rings. The molecule has 2 amide bonds. The van der Waals surface area contributed by atoms with Gasteiger partial charge in [-0.05, 0) is 94.2 Å². The monoisotopic (exact) mass is 523 g/mol. The Morgan fingerprint density at radius 1 is 1.05 bits per heavy atom. The van der Waals surface area contributed by atoms with Gasteiger partial charge in [-0.15, -0.1) is 0 Å². The van der Waals surface area contributed by atoms with Crippen LogP contribution in [0.25, 0.3) is 0 Å². The number of aliphatic hydroxyl groups is 1. The molecule has 2 N–H and O–H groups in total. The highest BCUT2D eigenvalue weighted by Gasteiger charge is 2.55. The second-order valence-electron chi connectivity index (χ2n) is 13.4. The number of carbonyl (C=O) groups is 2. The molecule has 1 saturated heterocycles. The van der Waals surface area contributed by atoms with Gasteiger partial charge in [0, 0.05) is 24.5 Å². The van der Waals surface area contributed by atoms with Gasteiger partial charge in [-0.3, -0.25) is 14.5 Å². The fraction of sp³-hybridized carbons (Fsp3) is 0.750. The smallest absolute Gasteiger partial charge is 0.239 e. The molecule has 210 valence electrons. The van der Waals surface area contributed by atoms with Crippen LogP contribution in [0.2, 0.25) is 0 Å². The zero-order valence-corrected chi connectivity index (χ0v) is 23.8. The number of hydrogen-bond acceptors (Lipinski definition) is 4. The molecule has 1 heterocycles. The summed E-state index contributed by atoms with van der Waals surface area (Å²) in [5.74, 6) is 1.58. The van der Waals surface area contributed by atoms with Crippen molar-refractivity contribution in [2.75, 3.05) is 33.7 Å². The third-order valence-corrected chi connectivity index (χ3v) is 11.1. The molecule has 1 aliphatic heterocycles. The van der Waals surface area contributed by atoms with Crippen LogP contribution in [0.4, 0.5) is 0 Å². The maximum absolute atomic E-state index is 13.7. The molecule has 5 rings (SSSR count). The molecule has 3 saturated carbocycles. The van der Waals surface area contributed by atoms with Gasteiger partial charge in [0.05, 0.1) is 12.6 Å². The van der Waals surface area contributed by atoms with E-state index in [0.717, 1.165) is 57.3 Å². The predicted octanol–water partition coefficient (Wildman–Crippen LogP) is 4.57. The summed E-state index contributed by atoms with van der Waals surface area (Å²) in [6.07, 6.45) is 11.8. The maximum Gasteiger partial charge on any atom is 0.239 e. The third-order valence-electron chi connectivity index (χ3n) is 11.1. The van der Waals surface area contributed by atoms with E-state index >= 15 is 0 Å². The minimum absolute atomic E-state index is 0.0201. The van der Waals surface area contributed by atoms with Crippen LogP contribution in [0.15, 0.2) is 30.3 Å². The number of carbonyl (C=O) groups excluding carboxylic acids is 2. The quantitative estimate of drug-likeness (QED) is 0.524. The van der Waals surface area contributed by atoms with Crippen LogP contribution in [-0.2, 0) is 15.1 Å². The summed E-state index contributed by atoms with van der Waals surface area (Å²) in [6.45, 7) is 3.61. The first-order valence-corrected chi connectivity index (χ1v) is 15.2. The van der Waals surface area contributed by atoms with Gasteiger partial charge < -0.3 is 15.3 Å². The summed E-state index contributed by atoms with van der Waals surface area (Å²) < 4.78 is 0. The van der Waals surface area contributed by atoms with E-state index in [0.29, 0.717) is 24.9 Å². The van der Waals surface area contributed by atoms with Crippen molar-refractivity contribution < 1.29 is 14.7 Å². The number of rotatable bonds is 8. The predicted molar refractivity (Wildman–Crippen MR) is 150 cm³/mol. The molecule has 4 unspecified atom stereocenters. The average molecular weight is 524 g/mol. The van der Waals surface area contributed by atoms with Gasteiger partial charge in [0.2, 0.25) is 11.8 Å². The number of likely N-dealkylation sites (tertiary alicyclic amines) is 1. The molecule has 4 aliphatic rings. The highest BCUT2D eigenvalue weighted by molar-refractivity contribution is 5.86. The molecule has 4 fully saturated rings. The summed E-state index contributed by atoms with van der Waals surface area (Å²) in [4.78, 5) is 31.0. The number of nitrogens with one attached hydrogen (secondary N) is 1. The first kappa shape index (κ1) is 27.6. The fourth-order valence-corrected chi connectivity index (χ4v) is 8.40. The number of hydrogen-bond donors (Lipinski definition) is 2. The van der Waals surface area contributed by atoms with Gasteiger partial charge in [-0.2, -0.15) is 0 Å². The van der Waals surface area contributed by atoms with Crippen LogP contribution in [0.5, 0.6) is 0 Å². The first-order valence-electron chi connectivity index (χ1n) is 15.2. The Hall–Kier alpha value is -1.92. The minimum atomic E-state index is -0.231. The number of piperidine rings is 1. The molecule has 0 aromatic heterocycles. The lowest BCUT2D eigenvalue weighted by Gasteiger charge is -2.58. The number of nitrogens with zero attached hydrogens (tertiary/aromatic N) is 2. The zero-order valence-electron chi connectivity index (χ0n) is 23.8. The Balaban J connectivity index is 1.32. The average Bonchev–Trinajstić information content (AvgIpc) is 3.31. The molecule has 38 heavy (non-hydrogen) atoms. The van der Waals surface area contributed by atoms with Crippen LogP contribution in [0.1, 0.15) is 83.1 Å². The van der Waals surface area contributed by atoms with Crippen molar-refractivity contribution in [1.29, 1.82) is 0 Å². The van der Waals surface area contributed by atoms with Crippen LogP contribution >= 0.6 is 0 Å². The van der Waals surface area contributed by atoms with Crippen molar-refractivity contribution in [1.82, 2.24) is 15.1 Å². The SMILES string of the molecule is CC1C(=O)N(CC(=O)NCC2CCC(O)C2)C[C@]2(CC[C@](c3ccccc3)(N(C)C)CC2)C1CC1CCC1. The lowest BCUT2D eigenvalue weighted by atomic mass is 9.53. The lowest BCUT2D eigenvalue weighted by molar-refractivity contribution is -0.158. The highest BCUT2D eigenvalue weighted by Crippen LogP contribution is 2.57. The molecular weight excluding hydrogens is 474 g/mol. The van der Waals surface area contributed by atoms with E-state index in [4.69, 9.17) is 0 Å². The van der Waals surface area contributed by atoms with E-state index in [-0.39, 0.29) is 41.3 Å². The van der Waals surface area contributed by atoms with E-state index in [1.165, 1.54) is 24.8 Å². The van der Waals surface area contributed by atoms with Crippen molar-refractivity contribution >= 4 is 11.8 Å². The molecule has 1 aromatic carbocycles. The van der Waals surface area contributed by atoms with Crippen LogP contribution in [0.3, 0.4) is 0 Å². The molecule has 1 spiro atoms. The first-order chi connectivity index (χ1) is 18.2. The number of benzene rings is 1. The van der Waals surface area contributed by atoms with Crippen LogP contribution in [-0.4, -0.2) is 66.6 Å². The molecule has 0 radical (unpaired) electrons. The van der Waals surface area contributed by atoms with E-state index in [9.17, 15) is 14.7 Å². The maximum atomic E-state index is 13.7. The molecule has 6 nitrogen and oxygen atoms in total. The van der Waals surface area contributed by atoms with Crippen molar-refractivity contribution in [3.05, 3.63) is 35.9 Å². The van der Waals surface area contributed by atoms with Crippen molar-refractivity contribution in [3.8, 4) is 0 Å². The standard InChI is InChI=1S/C32H49N3O3/c1-23-28(19-24-8-7-9-24)31(14-16-32(17-15-31,34(2)3)26-10-5-4-6-11-26)22-35(30(23)38)21-29(37)33-20-25-12-13-27(36)18-25/h4-6,10-11,23-25,27-28,36H,7-9,12-22H2,1-3H3,(H,33,37)/t23?,25?,27?,28?,31-,32+. The Labute approximate surface area is 229 Å². The summed E-state index contributed by atoms with van der Waals surface area (Å²) in [5.41, 5.74) is 1.49. The minimum Gasteiger partial charge on any atom is -0.393 e. The largest absolute Gasteiger partial charge is 0.393 e. The fourth-order valence-electron chi connectivity index (χ4n) is 8.40. The second kappa shape index (κ2) is 11.3. The Morgan fingerprint density at radius 2 is 1.76 bits per heavy atom. The summed E-state index contributed by atoms with van der Waals surface area (Å²) in [6, 6.07) is 10.9.